The first-order chi connectivity index (χ1) is 10.7. The first-order valence-electron chi connectivity index (χ1n) is 8.56. The molecule has 0 bridgehead atoms. The Morgan fingerprint density at radius 3 is 2.61 bits per heavy atom. The topological polar surface area (TPSA) is 52.6 Å². The Hall–Kier alpha value is -1.39. The van der Waals surface area contributed by atoms with E-state index >= 15 is 0 Å². The maximum Gasteiger partial charge on any atom is 0.234 e. The maximum atomic E-state index is 12.2. The highest BCUT2D eigenvalue weighted by atomic mass is 16.3. The molecule has 4 heteroatoms. The minimum atomic E-state index is -0.793. The zero-order valence-electron chi connectivity index (χ0n) is 14.9. The quantitative estimate of drug-likeness (QED) is 0.847. The molecule has 23 heavy (non-hydrogen) atoms. The minimum Gasteiger partial charge on any atom is -0.389 e. The second kappa shape index (κ2) is 7.45. The summed E-state index contributed by atoms with van der Waals surface area (Å²) in [5, 5.41) is 12.9. The van der Waals surface area contributed by atoms with Crippen LogP contribution in [0.2, 0.25) is 0 Å². The number of likely N-dealkylation sites (N-methyl/N-ethyl adjacent to an activating group) is 1. The van der Waals surface area contributed by atoms with Gasteiger partial charge in [0, 0.05) is 6.54 Å². The van der Waals surface area contributed by atoms with Gasteiger partial charge in [0.25, 0.3) is 0 Å². The molecule has 1 atom stereocenters. The molecule has 0 aromatic heterocycles. The van der Waals surface area contributed by atoms with Crippen molar-refractivity contribution < 1.29 is 9.90 Å². The van der Waals surface area contributed by atoms with E-state index in [4.69, 9.17) is 0 Å². The number of aryl methyl sites for hydroxylation is 2. The zero-order chi connectivity index (χ0) is 17.0. The number of carbonyl (C=O) groups excluding carboxylic acids is 1. The zero-order valence-corrected chi connectivity index (χ0v) is 14.9. The number of carbonyl (C=O) groups is 1. The van der Waals surface area contributed by atoms with E-state index in [9.17, 15) is 9.90 Å². The van der Waals surface area contributed by atoms with E-state index in [2.05, 4.69) is 23.5 Å². The van der Waals surface area contributed by atoms with Crippen molar-refractivity contribution in [2.75, 3.05) is 20.1 Å². The van der Waals surface area contributed by atoms with Gasteiger partial charge in [0.2, 0.25) is 5.91 Å². The van der Waals surface area contributed by atoms with E-state index in [1.165, 1.54) is 36.0 Å². The summed E-state index contributed by atoms with van der Waals surface area (Å²) in [5.41, 5.74) is 3.28. The molecular weight excluding hydrogens is 288 g/mol. The fraction of sp³-hybridized carbons (Fsp3) is 0.632. The molecule has 1 amide bonds. The summed E-state index contributed by atoms with van der Waals surface area (Å²) >= 11 is 0. The van der Waals surface area contributed by atoms with E-state index in [0.29, 0.717) is 13.1 Å². The molecule has 1 aliphatic rings. The van der Waals surface area contributed by atoms with Crippen molar-refractivity contribution in [1.29, 1.82) is 0 Å². The van der Waals surface area contributed by atoms with E-state index < -0.39 is 5.60 Å². The van der Waals surface area contributed by atoms with Gasteiger partial charge in [0.1, 0.15) is 0 Å². The Morgan fingerprint density at radius 1 is 1.30 bits per heavy atom. The number of amides is 1. The fourth-order valence-corrected chi connectivity index (χ4v) is 3.35. The lowest BCUT2D eigenvalue weighted by Gasteiger charge is -2.26. The molecule has 2 rings (SSSR count). The lowest BCUT2D eigenvalue weighted by molar-refractivity contribution is -0.123. The van der Waals surface area contributed by atoms with Crippen LogP contribution < -0.4 is 5.32 Å². The van der Waals surface area contributed by atoms with Gasteiger partial charge in [0.05, 0.1) is 18.2 Å². The number of nitrogens with zero attached hydrogens (tertiary/aromatic N) is 1. The predicted molar refractivity (Wildman–Crippen MR) is 93.4 cm³/mol. The summed E-state index contributed by atoms with van der Waals surface area (Å²) < 4.78 is 0. The van der Waals surface area contributed by atoms with Crippen LogP contribution in [0.25, 0.3) is 0 Å². The van der Waals surface area contributed by atoms with Crippen molar-refractivity contribution in [3.8, 4) is 0 Å². The van der Waals surface area contributed by atoms with Crippen molar-refractivity contribution in [3.05, 3.63) is 34.9 Å². The van der Waals surface area contributed by atoms with Crippen LogP contribution in [0.5, 0.6) is 0 Å². The van der Waals surface area contributed by atoms with Gasteiger partial charge in [-0.3, -0.25) is 9.69 Å². The number of hydrogen-bond donors (Lipinski definition) is 2. The van der Waals surface area contributed by atoms with Gasteiger partial charge in [0.15, 0.2) is 0 Å². The Bertz CT molecular complexity index is 549. The standard InChI is InChI=1S/C19H30N2O2/c1-14(20-18(22)12-21(4)13-19(2,3)23)16-10-9-15-7-5-6-8-17(15)11-16/h9-11,14,23H,5-8,12-13H2,1-4H3,(H,20,22). The van der Waals surface area contributed by atoms with Gasteiger partial charge in [-0.05, 0) is 70.2 Å². The van der Waals surface area contributed by atoms with Crippen LogP contribution >= 0.6 is 0 Å². The summed E-state index contributed by atoms with van der Waals surface area (Å²) in [5.74, 6) is -0.0121. The number of benzene rings is 1. The maximum absolute atomic E-state index is 12.2. The summed E-state index contributed by atoms with van der Waals surface area (Å²) in [6.07, 6.45) is 4.88. The van der Waals surface area contributed by atoms with Crippen molar-refractivity contribution in [2.45, 2.75) is 58.1 Å². The highest BCUT2D eigenvalue weighted by molar-refractivity contribution is 5.78. The van der Waals surface area contributed by atoms with Crippen molar-refractivity contribution in [3.63, 3.8) is 0 Å². The summed E-state index contributed by atoms with van der Waals surface area (Å²) in [4.78, 5) is 14.0. The average Bonchev–Trinajstić information content (AvgIpc) is 2.44. The Labute approximate surface area is 139 Å². The molecule has 0 saturated heterocycles. The minimum absolute atomic E-state index is 0.00487. The first-order valence-corrected chi connectivity index (χ1v) is 8.56. The van der Waals surface area contributed by atoms with Crippen LogP contribution in [0.15, 0.2) is 18.2 Å². The van der Waals surface area contributed by atoms with E-state index in [0.717, 1.165) is 6.42 Å². The Morgan fingerprint density at radius 2 is 1.96 bits per heavy atom. The highest BCUT2D eigenvalue weighted by Crippen LogP contribution is 2.24. The third-order valence-corrected chi connectivity index (χ3v) is 4.32. The van der Waals surface area contributed by atoms with Crippen molar-refractivity contribution >= 4 is 5.91 Å². The average molecular weight is 318 g/mol. The molecule has 0 radical (unpaired) electrons. The summed E-state index contributed by atoms with van der Waals surface area (Å²) in [6.45, 7) is 6.28. The van der Waals surface area contributed by atoms with Crippen LogP contribution in [0.4, 0.5) is 0 Å². The molecule has 4 nitrogen and oxygen atoms in total. The monoisotopic (exact) mass is 318 g/mol. The summed E-state index contributed by atoms with van der Waals surface area (Å²) in [7, 11) is 1.85. The normalized spacial score (nSPS) is 16.1. The molecule has 2 N–H and O–H groups in total. The summed E-state index contributed by atoms with van der Waals surface area (Å²) in [6, 6.07) is 6.60. The van der Waals surface area contributed by atoms with Gasteiger partial charge < -0.3 is 10.4 Å². The third kappa shape index (κ3) is 5.63. The van der Waals surface area contributed by atoms with E-state index in [1.807, 2.05) is 18.9 Å². The van der Waals surface area contributed by atoms with Gasteiger partial charge in [-0.1, -0.05) is 18.2 Å². The molecule has 0 spiro atoms. The number of fused-ring (bicyclic) bond motifs is 1. The number of rotatable bonds is 6. The Balaban J connectivity index is 1.91. The lowest BCUT2D eigenvalue weighted by Crippen LogP contribution is -2.42. The van der Waals surface area contributed by atoms with Gasteiger partial charge in [-0.25, -0.2) is 0 Å². The molecule has 128 valence electrons. The molecule has 0 fully saturated rings. The lowest BCUT2D eigenvalue weighted by atomic mass is 9.89. The second-order valence-electron chi connectivity index (χ2n) is 7.51. The van der Waals surface area contributed by atoms with Crippen molar-refractivity contribution in [2.24, 2.45) is 0 Å². The molecule has 1 aliphatic carbocycles. The van der Waals surface area contributed by atoms with Crippen LogP contribution in [-0.4, -0.2) is 41.7 Å². The molecule has 0 aliphatic heterocycles. The smallest absolute Gasteiger partial charge is 0.234 e. The molecular formula is C19H30N2O2. The van der Waals surface area contributed by atoms with Gasteiger partial charge in [-0.15, -0.1) is 0 Å². The first kappa shape index (κ1) is 18.0. The SMILES string of the molecule is CC(NC(=O)CN(C)CC(C)(C)O)c1ccc2c(c1)CCCC2. The number of hydrogen-bond acceptors (Lipinski definition) is 3. The van der Waals surface area contributed by atoms with Crippen LogP contribution in [-0.2, 0) is 17.6 Å². The van der Waals surface area contributed by atoms with Crippen LogP contribution in [0.3, 0.4) is 0 Å². The predicted octanol–water partition coefficient (Wildman–Crippen LogP) is 2.45. The second-order valence-corrected chi connectivity index (χ2v) is 7.51. The Kier molecular flexibility index (Phi) is 5.82. The number of nitrogens with one attached hydrogen (secondary N) is 1. The molecule has 1 aromatic carbocycles. The largest absolute Gasteiger partial charge is 0.389 e. The molecule has 0 heterocycles. The van der Waals surface area contributed by atoms with Gasteiger partial charge in [-0.2, -0.15) is 0 Å². The van der Waals surface area contributed by atoms with Crippen LogP contribution in [0, 0.1) is 0 Å². The van der Waals surface area contributed by atoms with E-state index in [1.54, 1.807) is 13.8 Å². The molecule has 1 aromatic rings. The third-order valence-electron chi connectivity index (χ3n) is 4.32. The highest BCUT2D eigenvalue weighted by Gasteiger charge is 2.19. The van der Waals surface area contributed by atoms with Crippen LogP contribution in [0.1, 0.15) is 56.3 Å². The molecule has 0 saturated carbocycles. The number of aliphatic hydroxyl groups is 1. The fourth-order valence-electron chi connectivity index (χ4n) is 3.35. The van der Waals surface area contributed by atoms with Crippen molar-refractivity contribution in [1.82, 2.24) is 10.2 Å². The molecule has 1 unspecified atom stereocenters. The van der Waals surface area contributed by atoms with E-state index in [-0.39, 0.29) is 11.9 Å². The van der Waals surface area contributed by atoms with Gasteiger partial charge >= 0.3 is 0 Å².